The molecule has 0 spiro atoms. The van der Waals surface area contributed by atoms with Crippen molar-refractivity contribution in [3.8, 4) is 11.1 Å². The summed E-state index contributed by atoms with van der Waals surface area (Å²) in [6.45, 7) is 4.95. The lowest BCUT2D eigenvalue weighted by Crippen LogP contribution is -1.93. The van der Waals surface area contributed by atoms with E-state index in [1.165, 1.54) is 16.0 Å². The van der Waals surface area contributed by atoms with Crippen molar-refractivity contribution < 1.29 is 0 Å². The SMILES string of the molecule is CC(C)c1nn(C)cc1-c1csc(CN)c1. The first-order chi connectivity index (χ1) is 7.61. The van der Waals surface area contributed by atoms with Crippen LogP contribution in [0.15, 0.2) is 17.6 Å². The predicted molar refractivity (Wildman–Crippen MR) is 68.5 cm³/mol. The van der Waals surface area contributed by atoms with E-state index in [-0.39, 0.29) is 0 Å². The van der Waals surface area contributed by atoms with E-state index in [0.29, 0.717) is 12.5 Å². The Labute approximate surface area is 99.9 Å². The van der Waals surface area contributed by atoms with Gasteiger partial charge < -0.3 is 5.73 Å². The minimum atomic E-state index is 0.442. The molecule has 0 saturated heterocycles. The zero-order chi connectivity index (χ0) is 11.7. The van der Waals surface area contributed by atoms with E-state index in [2.05, 4.69) is 36.6 Å². The molecule has 3 nitrogen and oxygen atoms in total. The van der Waals surface area contributed by atoms with Gasteiger partial charge in [-0.05, 0) is 22.9 Å². The molecule has 4 heteroatoms. The highest BCUT2D eigenvalue weighted by Crippen LogP contribution is 2.31. The Morgan fingerprint density at radius 1 is 1.50 bits per heavy atom. The maximum absolute atomic E-state index is 5.63. The van der Waals surface area contributed by atoms with Gasteiger partial charge in [-0.3, -0.25) is 4.68 Å². The number of nitrogens with two attached hydrogens (primary N) is 1. The van der Waals surface area contributed by atoms with Crippen LogP contribution in [0.1, 0.15) is 30.3 Å². The smallest absolute Gasteiger partial charge is 0.0728 e. The number of aryl methyl sites for hydroxylation is 1. The summed E-state index contributed by atoms with van der Waals surface area (Å²) in [5, 5.41) is 6.67. The molecule has 0 fully saturated rings. The normalized spacial score (nSPS) is 11.3. The van der Waals surface area contributed by atoms with Crippen LogP contribution in [-0.4, -0.2) is 9.78 Å². The van der Waals surface area contributed by atoms with E-state index in [4.69, 9.17) is 5.73 Å². The predicted octanol–water partition coefficient (Wildman–Crippen LogP) is 2.73. The Morgan fingerprint density at radius 2 is 2.25 bits per heavy atom. The minimum Gasteiger partial charge on any atom is -0.326 e. The second-order valence-electron chi connectivity index (χ2n) is 4.26. The summed E-state index contributed by atoms with van der Waals surface area (Å²) in [7, 11) is 1.96. The summed E-state index contributed by atoms with van der Waals surface area (Å²) < 4.78 is 1.88. The fraction of sp³-hybridized carbons (Fsp3) is 0.417. The minimum absolute atomic E-state index is 0.442. The summed E-state index contributed by atoms with van der Waals surface area (Å²) in [5.41, 5.74) is 9.26. The standard InChI is InChI=1S/C12H17N3S/c1-8(2)12-11(6-15(3)14-12)9-4-10(5-13)16-7-9/h4,6-8H,5,13H2,1-3H3. The molecule has 2 aromatic rings. The summed E-state index contributed by atoms with van der Waals surface area (Å²) in [6, 6.07) is 2.16. The second-order valence-corrected chi connectivity index (χ2v) is 5.26. The fourth-order valence-corrected chi connectivity index (χ4v) is 2.55. The molecule has 0 atom stereocenters. The van der Waals surface area contributed by atoms with E-state index in [0.717, 1.165) is 5.69 Å². The monoisotopic (exact) mass is 235 g/mol. The fourth-order valence-electron chi connectivity index (χ4n) is 1.78. The van der Waals surface area contributed by atoms with E-state index < -0.39 is 0 Å². The Hall–Kier alpha value is -1.13. The van der Waals surface area contributed by atoms with Gasteiger partial charge in [-0.2, -0.15) is 5.10 Å². The van der Waals surface area contributed by atoms with E-state index in [9.17, 15) is 0 Å². The van der Waals surface area contributed by atoms with Crippen LogP contribution in [0.25, 0.3) is 11.1 Å². The van der Waals surface area contributed by atoms with Crippen LogP contribution >= 0.6 is 11.3 Å². The lowest BCUT2D eigenvalue weighted by molar-refractivity contribution is 0.713. The molecule has 16 heavy (non-hydrogen) atoms. The molecule has 0 radical (unpaired) electrons. The maximum atomic E-state index is 5.63. The van der Waals surface area contributed by atoms with Crippen molar-refractivity contribution in [1.82, 2.24) is 9.78 Å². The largest absolute Gasteiger partial charge is 0.326 e. The molecule has 2 N–H and O–H groups in total. The molecule has 2 aromatic heterocycles. The van der Waals surface area contributed by atoms with Gasteiger partial charge in [0.1, 0.15) is 0 Å². The molecule has 0 aliphatic rings. The number of rotatable bonds is 3. The Bertz CT molecular complexity index is 482. The van der Waals surface area contributed by atoms with Crippen molar-refractivity contribution in [2.45, 2.75) is 26.3 Å². The lowest BCUT2D eigenvalue weighted by atomic mass is 10.0. The molecule has 0 aliphatic carbocycles. The average Bonchev–Trinajstić information content (AvgIpc) is 2.82. The molecule has 0 aromatic carbocycles. The van der Waals surface area contributed by atoms with Crippen LogP contribution in [-0.2, 0) is 13.6 Å². The first-order valence-electron chi connectivity index (χ1n) is 5.43. The van der Waals surface area contributed by atoms with E-state index in [1.54, 1.807) is 11.3 Å². The van der Waals surface area contributed by atoms with Crippen LogP contribution in [0, 0.1) is 0 Å². The van der Waals surface area contributed by atoms with Gasteiger partial charge in [0.25, 0.3) is 0 Å². The zero-order valence-corrected chi connectivity index (χ0v) is 10.7. The third-order valence-electron chi connectivity index (χ3n) is 2.57. The molecule has 0 amide bonds. The number of aromatic nitrogens is 2. The van der Waals surface area contributed by atoms with Gasteiger partial charge in [0, 0.05) is 30.2 Å². The summed E-state index contributed by atoms with van der Waals surface area (Å²) >= 11 is 1.71. The summed E-state index contributed by atoms with van der Waals surface area (Å²) in [5.74, 6) is 0.442. The molecule has 2 heterocycles. The Kier molecular flexibility index (Phi) is 3.12. The first kappa shape index (κ1) is 11.4. The van der Waals surface area contributed by atoms with Crippen molar-refractivity contribution in [2.24, 2.45) is 12.8 Å². The van der Waals surface area contributed by atoms with Crippen molar-refractivity contribution in [3.05, 3.63) is 28.2 Å². The topological polar surface area (TPSA) is 43.8 Å². The molecule has 0 aliphatic heterocycles. The van der Waals surface area contributed by atoms with Gasteiger partial charge in [-0.1, -0.05) is 13.8 Å². The summed E-state index contributed by atoms with van der Waals surface area (Å²) in [6.07, 6.45) is 2.08. The van der Waals surface area contributed by atoms with Crippen LogP contribution in [0.2, 0.25) is 0 Å². The van der Waals surface area contributed by atoms with E-state index in [1.807, 2.05) is 11.7 Å². The third kappa shape index (κ3) is 2.03. The van der Waals surface area contributed by atoms with Gasteiger partial charge >= 0.3 is 0 Å². The van der Waals surface area contributed by atoms with Crippen LogP contribution in [0.4, 0.5) is 0 Å². The summed E-state index contributed by atoms with van der Waals surface area (Å²) in [4.78, 5) is 1.22. The molecule has 0 bridgehead atoms. The quantitative estimate of drug-likeness (QED) is 0.889. The van der Waals surface area contributed by atoms with Crippen molar-refractivity contribution >= 4 is 11.3 Å². The molecular formula is C12H17N3S. The van der Waals surface area contributed by atoms with Crippen molar-refractivity contribution in [1.29, 1.82) is 0 Å². The highest BCUT2D eigenvalue weighted by Gasteiger charge is 2.14. The number of hydrogen-bond donors (Lipinski definition) is 1. The zero-order valence-electron chi connectivity index (χ0n) is 9.90. The van der Waals surface area contributed by atoms with Crippen LogP contribution < -0.4 is 5.73 Å². The molecule has 86 valence electrons. The number of thiophene rings is 1. The molecule has 0 unspecified atom stereocenters. The van der Waals surface area contributed by atoms with Gasteiger partial charge in [0.05, 0.1) is 5.69 Å². The van der Waals surface area contributed by atoms with Gasteiger partial charge in [-0.25, -0.2) is 0 Å². The molecule has 2 rings (SSSR count). The second kappa shape index (κ2) is 4.39. The Morgan fingerprint density at radius 3 is 2.81 bits per heavy atom. The van der Waals surface area contributed by atoms with Crippen LogP contribution in [0.5, 0.6) is 0 Å². The van der Waals surface area contributed by atoms with Gasteiger partial charge in [0.15, 0.2) is 0 Å². The molecular weight excluding hydrogens is 218 g/mol. The van der Waals surface area contributed by atoms with Crippen molar-refractivity contribution in [2.75, 3.05) is 0 Å². The van der Waals surface area contributed by atoms with Crippen molar-refractivity contribution in [3.63, 3.8) is 0 Å². The third-order valence-corrected chi connectivity index (χ3v) is 3.53. The molecule has 0 saturated carbocycles. The first-order valence-corrected chi connectivity index (χ1v) is 6.31. The van der Waals surface area contributed by atoms with Gasteiger partial charge in [0.2, 0.25) is 0 Å². The lowest BCUT2D eigenvalue weighted by Gasteiger charge is -2.02. The van der Waals surface area contributed by atoms with Crippen LogP contribution in [0.3, 0.4) is 0 Å². The highest BCUT2D eigenvalue weighted by molar-refractivity contribution is 7.10. The highest BCUT2D eigenvalue weighted by atomic mass is 32.1. The Balaban J connectivity index is 2.46. The number of hydrogen-bond acceptors (Lipinski definition) is 3. The maximum Gasteiger partial charge on any atom is 0.0728 e. The van der Waals surface area contributed by atoms with Gasteiger partial charge in [-0.15, -0.1) is 11.3 Å². The number of nitrogens with zero attached hydrogens (tertiary/aromatic N) is 2. The van der Waals surface area contributed by atoms with E-state index >= 15 is 0 Å². The average molecular weight is 235 g/mol.